The Morgan fingerprint density at radius 2 is 1.79 bits per heavy atom. The molecule has 146 valence electrons. The molecule has 0 spiro atoms. The molecule has 2 atom stereocenters. The van der Waals surface area contributed by atoms with Gasteiger partial charge >= 0.3 is 0 Å². The molecule has 4 rings (SSSR count). The quantitative estimate of drug-likeness (QED) is 0.816. The number of hydrogen-bond acceptors (Lipinski definition) is 2. The summed E-state index contributed by atoms with van der Waals surface area (Å²) in [5, 5.41) is 0. The van der Waals surface area contributed by atoms with Gasteiger partial charge in [-0.3, -0.25) is 9.59 Å². The lowest BCUT2D eigenvalue weighted by Crippen LogP contribution is -2.58. The number of amides is 2. The van der Waals surface area contributed by atoms with Gasteiger partial charge in [0.1, 0.15) is 0 Å². The van der Waals surface area contributed by atoms with Crippen molar-refractivity contribution in [1.82, 2.24) is 9.80 Å². The predicted molar refractivity (Wildman–Crippen MR) is 110 cm³/mol. The standard InChI is InChI=1S/C24H28N2O2/c1-17(18-9-5-4-6-10-18)13-22(27)25-14-21-19-11-7-8-12-20(19)24(2,3)16-26(21)23(28)15-25/h4-12,17,21H,13-16H2,1-3H3. The van der Waals surface area contributed by atoms with Crippen molar-refractivity contribution in [3.63, 3.8) is 0 Å². The van der Waals surface area contributed by atoms with Crippen LogP contribution in [0.5, 0.6) is 0 Å². The van der Waals surface area contributed by atoms with E-state index in [0.717, 1.165) is 5.56 Å². The summed E-state index contributed by atoms with van der Waals surface area (Å²) in [7, 11) is 0. The Morgan fingerprint density at radius 1 is 1.11 bits per heavy atom. The molecule has 2 aromatic carbocycles. The van der Waals surface area contributed by atoms with Crippen molar-refractivity contribution >= 4 is 11.8 Å². The van der Waals surface area contributed by atoms with Gasteiger partial charge in [-0.15, -0.1) is 0 Å². The summed E-state index contributed by atoms with van der Waals surface area (Å²) in [5.74, 6) is 0.255. The molecule has 4 nitrogen and oxygen atoms in total. The fraction of sp³-hybridized carbons (Fsp3) is 0.417. The summed E-state index contributed by atoms with van der Waals surface area (Å²) in [4.78, 5) is 29.7. The first kappa shape index (κ1) is 18.7. The number of nitrogens with zero attached hydrogens (tertiary/aromatic N) is 2. The molecule has 0 radical (unpaired) electrons. The maximum absolute atomic E-state index is 13.0. The second-order valence-corrected chi connectivity index (χ2v) is 8.80. The number of carbonyl (C=O) groups excluding carboxylic acids is 2. The zero-order valence-electron chi connectivity index (χ0n) is 16.9. The van der Waals surface area contributed by atoms with E-state index in [2.05, 4.69) is 51.1 Å². The van der Waals surface area contributed by atoms with Gasteiger partial charge in [-0.2, -0.15) is 0 Å². The van der Waals surface area contributed by atoms with Crippen LogP contribution in [0.2, 0.25) is 0 Å². The van der Waals surface area contributed by atoms with E-state index in [0.29, 0.717) is 19.5 Å². The third kappa shape index (κ3) is 3.32. The zero-order chi connectivity index (χ0) is 19.9. The van der Waals surface area contributed by atoms with Crippen molar-refractivity contribution in [2.75, 3.05) is 19.6 Å². The van der Waals surface area contributed by atoms with Crippen molar-refractivity contribution < 1.29 is 9.59 Å². The molecule has 0 aromatic heterocycles. The van der Waals surface area contributed by atoms with Gasteiger partial charge in [-0.1, -0.05) is 75.4 Å². The average Bonchev–Trinajstić information content (AvgIpc) is 2.69. The number of rotatable bonds is 3. The van der Waals surface area contributed by atoms with Gasteiger partial charge in [0.25, 0.3) is 0 Å². The van der Waals surface area contributed by atoms with E-state index in [1.54, 1.807) is 4.90 Å². The maximum Gasteiger partial charge on any atom is 0.242 e. The van der Waals surface area contributed by atoms with Gasteiger partial charge < -0.3 is 9.80 Å². The highest BCUT2D eigenvalue weighted by Crippen LogP contribution is 2.41. The molecular weight excluding hydrogens is 348 g/mol. The van der Waals surface area contributed by atoms with Crippen LogP contribution in [0.15, 0.2) is 54.6 Å². The monoisotopic (exact) mass is 376 g/mol. The number of hydrogen-bond donors (Lipinski definition) is 0. The molecule has 2 unspecified atom stereocenters. The van der Waals surface area contributed by atoms with Crippen molar-refractivity contribution in [1.29, 1.82) is 0 Å². The highest BCUT2D eigenvalue weighted by Gasteiger charge is 2.44. The fourth-order valence-electron chi connectivity index (χ4n) is 4.66. The number of fused-ring (bicyclic) bond motifs is 3. The average molecular weight is 377 g/mol. The second-order valence-electron chi connectivity index (χ2n) is 8.80. The van der Waals surface area contributed by atoms with E-state index in [-0.39, 0.29) is 35.7 Å². The summed E-state index contributed by atoms with van der Waals surface area (Å²) in [6.45, 7) is 7.93. The Balaban J connectivity index is 1.55. The van der Waals surface area contributed by atoms with Crippen LogP contribution < -0.4 is 0 Å². The summed E-state index contributed by atoms with van der Waals surface area (Å²) >= 11 is 0. The topological polar surface area (TPSA) is 40.6 Å². The van der Waals surface area contributed by atoms with E-state index in [9.17, 15) is 9.59 Å². The molecule has 2 aromatic rings. The third-order valence-corrected chi connectivity index (χ3v) is 6.23. The largest absolute Gasteiger partial charge is 0.331 e. The van der Waals surface area contributed by atoms with Crippen molar-refractivity contribution in [2.24, 2.45) is 0 Å². The normalized spacial score (nSPS) is 21.7. The minimum absolute atomic E-state index is 0.0403. The van der Waals surface area contributed by atoms with Crippen LogP contribution in [0.1, 0.15) is 55.8 Å². The van der Waals surface area contributed by atoms with E-state index < -0.39 is 0 Å². The van der Waals surface area contributed by atoms with Crippen molar-refractivity contribution in [3.05, 3.63) is 71.3 Å². The van der Waals surface area contributed by atoms with Crippen LogP contribution in [0.25, 0.3) is 0 Å². The van der Waals surface area contributed by atoms with Crippen LogP contribution in [-0.2, 0) is 15.0 Å². The van der Waals surface area contributed by atoms with Crippen LogP contribution in [0, 0.1) is 0 Å². The van der Waals surface area contributed by atoms with Gasteiger partial charge in [-0.25, -0.2) is 0 Å². The smallest absolute Gasteiger partial charge is 0.242 e. The van der Waals surface area contributed by atoms with Crippen molar-refractivity contribution in [3.8, 4) is 0 Å². The molecule has 0 N–H and O–H groups in total. The van der Waals surface area contributed by atoms with Gasteiger partial charge in [0.15, 0.2) is 0 Å². The van der Waals surface area contributed by atoms with E-state index in [4.69, 9.17) is 0 Å². The second kappa shape index (κ2) is 7.08. The van der Waals surface area contributed by atoms with Gasteiger partial charge in [-0.05, 0) is 22.6 Å². The minimum Gasteiger partial charge on any atom is -0.331 e. The Morgan fingerprint density at radius 3 is 2.54 bits per heavy atom. The molecule has 1 fully saturated rings. The van der Waals surface area contributed by atoms with Gasteiger partial charge in [0.2, 0.25) is 11.8 Å². The Hall–Kier alpha value is -2.62. The van der Waals surface area contributed by atoms with Gasteiger partial charge in [0, 0.05) is 24.9 Å². The lowest BCUT2D eigenvalue weighted by atomic mass is 9.75. The fourth-order valence-corrected chi connectivity index (χ4v) is 4.66. The van der Waals surface area contributed by atoms with E-state index >= 15 is 0 Å². The molecule has 4 heteroatoms. The molecule has 2 heterocycles. The number of carbonyl (C=O) groups is 2. The molecular formula is C24H28N2O2. The predicted octanol–water partition coefficient (Wildman–Crippen LogP) is 3.88. The van der Waals surface area contributed by atoms with Crippen LogP contribution in [0.3, 0.4) is 0 Å². The molecule has 1 saturated heterocycles. The Labute approximate surface area is 167 Å². The summed E-state index contributed by atoms with van der Waals surface area (Å²) in [5.41, 5.74) is 3.55. The zero-order valence-corrected chi connectivity index (χ0v) is 16.9. The van der Waals surface area contributed by atoms with Crippen LogP contribution in [-0.4, -0.2) is 41.2 Å². The SMILES string of the molecule is CC(CC(=O)N1CC(=O)N2CC(C)(C)c3ccccc3C2C1)c1ccccc1. The molecule has 2 amide bonds. The van der Waals surface area contributed by atoms with E-state index in [1.165, 1.54) is 11.1 Å². The molecule has 2 aliphatic rings. The molecule has 2 aliphatic heterocycles. The van der Waals surface area contributed by atoms with Crippen LogP contribution in [0.4, 0.5) is 0 Å². The van der Waals surface area contributed by atoms with Crippen LogP contribution >= 0.6 is 0 Å². The van der Waals surface area contributed by atoms with Crippen molar-refractivity contribution in [2.45, 2.75) is 44.6 Å². The Kier molecular flexibility index (Phi) is 4.74. The molecule has 0 saturated carbocycles. The van der Waals surface area contributed by atoms with Gasteiger partial charge in [0.05, 0.1) is 12.6 Å². The lowest BCUT2D eigenvalue weighted by molar-refractivity contribution is -0.150. The Bertz CT molecular complexity index is 890. The highest BCUT2D eigenvalue weighted by molar-refractivity contribution is 5.87. The molecule has 0 bridgehead atoms. The molecule has 0 aliphatic carbocycles. The third-order valence-electron chi connectivity index (χ3n) is 6.23. The van der Waals surface area contributed by atoms with E-state index in [1.807, 2.05) is 29.2 Å². The number of benzene rings is 2. The first-order chi connectivity index (χ1) is 13.4. The maximum atomic E-state index is 13.0. The summed E-state index contributed by atoms with van der Waals surface area (Å²) in [6, 6.07) is 18.4. The first-order valence-electron chi connectivity index (χ1n) is 10.1. The minimum atomic E-state index is -0.0727. The summed E-state index contributed by atoms with van der Waals surface area (Å²) in [6.07, 6.45) is 0.428. The number of piperazine rings is 1. The first-order valence-corrected chi connectivity index (χ1v) is 10.1. The lowest BCUT2D eigenvalue weighted by Gasteiger charge is -2.49. The summed E-state index contributed by atoms with van der Waals surface area (Å²) < 4.78 is 0. The highest BCUT2D eigenvalue weighted by atomic mass is 16.2. The molecule has 28 heavy (non-hydrogen) atoms.